The van der Waals surface area contributed by atoms with Crippen LogP contribution in [0, 0.1) is 0 Å². The molecule has 0 aliphatic rings. The molecule has 184 valence electrons. The van der Waals surface area contributed by atoms with Crippen LogP contribution in [-0.4, -0.2) is 77.9 Å². The second-order valence-corrected chi connectivity index (χ2v) is 12.7. The molecule has 0 fully saturated rings. The van der Waals surface area contributed by atoms with E-state index in [9.17, 15) is 4.79 Å². The lowest BCUT2D eigenvalue weighted by Gasteiger charge is -2.25. The first-order valence-corrected chi connectivity index (χ1v) is 14.0. The van der Waals surface area contributed by atoms with Gasteiger partial charge in [-0.25, -0.2) is 4.79 Å². The smallest absolute Gasteiger partial charge is 0.478 e. The number of benzene rings is 2. The van der Waals surface area contributed by atoms with E-state index in [1.54, 1.807) is 39.5 Å². The van der Waals surface area contributed by atoms with Crippen molar-refractivity contribution in [3.8, 4) is 0 Å². The maximum absolute atomic E-state index is 11.1. The monoisotopic (exact) mass is 497 g/mol. The van der Waals surface area contributed by atoms with Gasteiger partial charge >= 0.3 is 23.6 Å². The molecule has 0 saturated heterocycles. The normalized spacial score (nSPS) is 11.5. The Balaban J connectivity index is 0.000000331. The number of hydrogen-bond acceptors (Lipinski definition) is 8. The summed E-state index contributed by atoms with van der Waals surface area (Å²) in [5.74, 6) is -1.03. The minimum atomic E-state index is -3.08. The Morgan fingerprint density at radius 1 is 0.788 bits per heavy atom. The van der Waals surface area contributed by atoms with Crippen LogP contribution in [0.4, 0.5) is 5.69 Å². The second-order valence-electron chi connectivity index (χ2n) is 6.71. The van der Waals surface area contributed by atoms with E-state index in [1.165, 1.54) is 27.4 Å². The summed E-state index contributed by atoms with van der Waals surface area (Å²) in [5.41, 5.74) is 1.27. The van der Waals surface area contributed by atoms with Crippen molar-refractivity contribution in [2.24, 2.45) is 0 Å². The molecule has 0 spiro atoms. The quantitative estimate of drug-likeness (QED) is 0.319. The Bertz CT molecular complexity index is 801. The Kier molecular flexibility index (Phi) is 13.1. The summed E-state index contributed by atoms with van der Waals surface area (Å²) in [6, 6.07) is 17.5. The molecule has 0 heterocycles. The molecule has 0 unspecified atom stereocenters. The third-order valence-electron chi connectivity index (χ3n) is 4.99. The maximum atomic E-state index is 11.1. The SMILES string of the molecule is CO[Si](CCCNc1ccccc1)(OC)OC.CO[Si](OC)(OC)c1ccccc1C(=O)O. The van der Waals surface area contributed by atoms with Gasteiger partial charge in [0.2, 0.25) is 0 Å². The van der Waals surface area contributed by atoms with Crippen molar-refractivity contribution in [1.82, 2.24) is 0 Å². The predicted molar refractivity (Wildman–Crippen MR) is 131 cm³/mol. The number of carboxylic acids is 1. The Morgan fingerprint density at radius 2 is 1.30 bits per heavy atom. The van der Waals surface area contributed by atoms with Crippen LogP contribution in [0.2, 0.25) is 6.04 Å². The zero-order valence-electron chi connectivity index (χ0n) is 20.1. The first-order chi connectivity index (χ1) is 15.9. The molecule has 9 nitrogen and oxygen atoms in total. The van der Waals surface area contributed by atoms with E-state index >= 15 is 0 Å². The molecule has 0 aliphatic heterocycles. The van der Waals surface area contributed by atoms with Gasteiger partial charge in [0.05, 0.1) is 5.56 Å². The van der Waals surface area contributed by atoms with E-state index in [-0.39, 0.29) is 5.56 Å². The summed E-state index contributed by atoms with van der Waals surface area (Å²) in [4.78, 5) is 11.1. The van der Waals surface area contributed by atoms with E-state index in [1.807, 2.05) is 30.3 Å². The molecule has 2 aromatic carbocycles. The summed E-state index contributed by atoms with van der Waals surface area (Å²) < 4.78 is 31.8. The molecular formula is C22H35NO8Si2. The standard InChI is InChI=1S/C12H21NO3Si.C10H14O5Si/c1-14-17(15-2,16-3)11-7-10-13-12-8-5-4-6-9-12;1-13-16(14-2,15-3)9-7-5-4-6-8(9)10(11)12/h4-6,8-9,13H,7,10-11H2,1-3H3;4-7H,1-3H3,(H,11,12). The van der Waals surface area contributed by atoms with Gasteiger partial charge in [0.15, 0.2) is 0 Å². The van der Waals surface area contributed by atoms with Crippen LogP contribution in [0.1, 0.15) is 16.8 Å². The van der Waals surface area contributed by atoms with Gasteiger partial charge in [-0.1, -0.05) is 36.4 Å². The van der Waals surface area contributed by atoms with Crippen molar-refractivity contribution < 1.29 is 36.5 Å². The fourth-order valence-corrected chi connectivity index (χ4v) is 6.87. The summed E-state index contributed by atoms with van der Waals surface area (Å²) in [6.45, 7) is 0.884. The average molecular weight is 498 g/mol. The molecule has 0 atom stereocenters. The summed E-state index contributed by atoms with van der Waals surface area (Å²) in [7, 11) is 3.78. The first-order valence-electron chi connectivity index (χ1n) is 10.3. The number of carboxylic acid groups (broad SMARTS) is 1. The highest BCUT2D eigenvalue weighted by molar-refractivity contribution is 6.76. The zero-order chi connectivity index (χ0) is 24.7. The fraction of sp³-hybridized carbons (Fsp3) is 0.409. The number of anilines is 1. The maximum Gasteiger partial charge on any atom is 0.537 e. The molecular weight excluding hydrogens is 462 g/mol. The van der Waals surface area contributed by atoms with Gasteiger partial charge in [-0.3, -0.25) is 0 Å². The van der Waals surface area contributed by atoms with E-state index in [0.29, 0.717) is 5.19 Å². The highest BCUT2D eigenvalue weighted by Crippen LogP contribution is 2.15. The van der Waals surface area contributed by atoms with Crippen molar-refractivity contribution in [3.63, 3.8) is 0 Å². The summed E-state index contributed by atoms with van der Waals surface area (Å²) in [5, 5.41) is 12.9. The van der Waals surface area contributed by atoms with Crippen LogP contribution in [0.15, 0.2) is 54.6 Å². The van der Waals surface area contributed by atoms with Gasteiger partial charge in [-0.2, -0.15) is 0 Å². The van der Waals surface area contributed by atoms with Gasteiger partial charge in [-0.15, -0.1) is 0 Å². The van der Waals surface area contributed by atoms with Crippen LogP contribution in [0.5, 0.6) is 0 Å². The van der Waals surface area contributed by atoms with Gasteiger partial charge in [0.25, 0.3) is 0 Å². The highest BCUT2D eigenvalue weighted by atomic mass is 28.4. The van der Waals surface area contributed by atoms with Gasteiger partial charge in [0, 0.05) is 66.1 Å². The average Bonchev–Trinajstić information content (AvgIpc) is 2.87. The van der Waals surface area contributed by atoms with Crippen LogP contribution >= 0.6 is 0 Å². The van der Waals surface area contributed by atoms with Crippen molar-refractivity contribution in [2.45, 2.75) is 12.5 Å². The van der Waals surface area contributed by atoms with Crippen molar-refractivity contribution in [2.75, 3.05) is 54.5 Å². The molecule has 0 aromatic heterocycles. The molecule has 2 rings (SSSR count). The minimum Gasteiger partial charge on any atom is -0.478 e. The third kappa shape index (κ3) is 8.32. The third-order valence-corrected chi connectivity index (χ3v) is 10.5. The molecule has 0 amide bonds. The van der Waals surface area contributed by atoms with Gasteiger partial charge in [-0.05, 0) is 24.6 Å². The molecule has 0 bridgehead atoms. The van der Waals surface area contributed by atoms with Crippen molar-refractivity contribution in [3.05, 3.63) is 60.2 Å². The van der Waals surface area contributed by atoms with Gasteiger partial charge in [0.1, 0.15) is 0 Å². The van der Waals surface area contributed by atoms with Crippen LogP contribution < -0.4 is 10.5 Å². The van der Waals surface area contributed by atoms with Crippen LogP contribution in [0.25, 0.3) is 0 Å². The molecule has 0 saturated carbocycles. The second kappa shape index (κ2) is 14.9. The zero-order valence-corrected chi connectivity index (χ0v) is 22.1. The topological polar surface area (TPSA) is 105 Å². The lowest BCUT2D eigenvalue weighted by atomic mass is 10.2. The molecule has 11 heteroatoms. The largest absolute Gasteiger partial charge is 0.537 e. The lowest BCUT2D eigenvalue weighted by Crippen LogP contribution is -2.56. The Labute approximate surface area is 198 Å². The molecule has 0 radical (unpaired) electrons. The highest BCUT2D eigenvalue weighted by Gasteiger charge is 2.43. The molecule has 2 N–H and O–H groups in total. The van der Waals surface area contributed by atoms with E-state index in [4.69, 9.17) is 31.7 Å². The van der Waals surface area contributed by atoms with Gasteiger partial charge < -0.3 is 37.0 Å². The number of para-hydroxylation sites is 1. The fourth-order valence-electron chi connectivity index (χ4n) is 3.17. The van der Waals surface area contributed by atoms with Crippen LogP contribution in [-0.2, 0) is 26.6 Å². The summed E-state index contributed by atoms with van der Waals surface area (Å²) in [6.07, 6.45) is 0.955. The van der Waals surface area contributed by atoms with Crippen LogP contribution in [0.3, 0.4) is 0 Å². The van der Waals surface area contributed by atoms with Crippen molar-refractivity contribution in [1.29, 1.82) is 0 Å². The number of carbonyl (C=O) groups is 1. The lowest BCUT2D eigenvalue weighted by molar-refractivity contribution is 0.0695. The Morgan fingerprint density at radius 3 is 1.79 bits per heavy atom. The van der Waals surface area contributed by atoms with E-state index in [2.05, 4.69) is 5.32 Å². The Hall–Kier alpha value is -2.10. The predicted octanol–water partition coefficient (Wildman–Crippen LogP) is 2.84. The number of rotatable bonds is 13. The molecule has 2 aromatic rings. The minimum absolute atomic E-state index is 0.139. The van der Waals surface area contributed by atoms with Crippen molar-refractivity contribution >= 4 is 34.5 Å². The number of nitrogens with one attached hydrogen (secondary N) is 1. The number of hydrogen-bond donors (Lipinski definition) is 2. The number of aromatic carboxylic acids is 1. The van der Waals surface area contributed by atoms with E-state index in [0.717, 1.165) is 24.7 Å². The first kappa shape index (κ1) is 28.9. The van der Waals surface area contributed by atoms with E-state index < -0.39 is 23.6 Å². The summed E-state index contributed by atoms with van der Waals surface area (Å²) >= 11 is 0. The molecule has 0 aliphatic carbocycles. The molecule has 33 heavy (non-hydrogen) atoms.